The smallest absolute Gasteiger partial charge is 0.258 e. The van der Waals surface area contributed by atoms with Gasteiger partial charge in [0.25, 0.3) is 5.56 Å². The van der Waals surface area contributed by atoms with Gasteiger partial charge < -0.3 is 9.55 Å². The molecule has 0 fully saturated rings. The molecule has 0 saturated heterocycles. The predicted molar refractivity (Wildman–Crippen MR) is 101 cm³/mol. The summed E-state index contributed by atoms with van der Waals surface area (Å²) in [5.41, 5.74) is 1.46. The van der Waals surface area contributed by atoms with Gasteiger partial charge in [-0.2, -0.15) is 0 Å². The first kappa shape index (κ1) is 16.5. The average molecular weight is 364 g/mol. The van der Waals surface area contributed by atoms with E-state index in [0.29, 0.717) is 16.7 Å². The Morgan fingerprint density at radius 2 is 2.00 bits per heavy atom. The minimum absolute atomic E-state index is 0.0862. The Labute approximate surface area is 153 Å². The number of H-pyrrole nitrogens is 1. The van der Waals surface area contributed by atoms with Crippen molar-refractivity contribution >= 4 is 22.7 Å². The number of rotatable bonds is 4. The quantitative estimate of drug-likeness (QED) is 0.560. The number of pyridine rings is 1. The third kappa shape index (κ3) is 2.99. The lowest BCUT2D eigenvalue weighted by molar-refractivity contribution is 0.786. The second-order valence-corrected chi connectivity index (χ2v) is 7.14. The largest absolute Gasteiger partial charge is 0.309 e. The molecule has 1 atom stereocenters. The van der Waals surface area contributed by atoms with Crippen LogP contribution in [0, 0.1) is 0 Å². The summed E-state index contributed by atoms with van der Waals surface area (Å²) < 4.78 is 1.91. The Bertz CT molecular complexity index is 1120. The number of thioether (sulfide) groups is 1. The normalized spacial score (nSPS) is 12.4. The highest BCUT2D eigenvalue weighted by Crippen LogP contribution is 2.33. The molecular formula is C18H16N6OS. The van der Waals surface area contributed by atoms with E-state index in [1.54, 1.807) is 18.5 Å². The molecule has 0 aliphatic heterocycles. The van der Waals surface area contributed by atoms with Gasteiger partial charge in [-0.15, -0.1) is 10.2 Å². The van der Waals surface area contributed by atoms with E-state index in [0.717, 1.165) is 16.5 Å². The fourth-order valence-electron chi connectivity index (χ4n) is 2.67. The first-order valence-electron chi connectivity index (χ1n) is 8.09. The average Bonchev–Trinajstić information content (AvgIpc) is 3.03. The fraction of sp³-hybridized carbons (Fsp3) is 0.167. The van der Waals surface area contributed by atoms with Gasteiger partial charge in [0.05, 0.1) is 16.2 Å². The molecule has 8 heteroatoms. The topological polar surface area (TPSA) is 89.3 Å². The lowest BCUT2D eigenvalue weighted by Gasteiger charge is -2.11. The molecule has 1 N–H and O–H groups in total. The third-order valence-electron chi connectivity index (χ3n) is 4.05. The molecule has 0 spiro atoms. The van der Waals surface area contributed by atoms with E-state index < -0.39 is 0 Å². The molecule has 0 bridgehead atoms. The molecule has 0 saturated carbocycles. The van der Waals surface area contributed by atoms with Crippen molar-refractivity contribution in [2.24, 2.45) is 7.05 Å². The van der Waals surface area contributed by atoms with Crippen LogP contribution in [0.3, 0.4) is 0 Å². The third-order valence-corrected chi connectivity index (χ3v) is 5.20. The summed E-state index contributed by atoms with van der Waals surface area (Å²) in [4.78, 5) is 23.8. The van der Waals surface area contributed by atoms with Crippen LogP contribution >= 0.6 is 11.8 Å². The summed E-state index contributed by atoms with van der Waals surface area (Å²) in [7, 11) is 1.91. The van der Waals surface area contributed by atoms with Crippen molar-refractivity contribution in [2.45, 2.75) is 17.3 Å². The molecule has 130 valence electrons. The van der Waals surface area contributed by atoms with E-state index in [2.05, 4.69) is 25.1 Å². The molecule has 0 radical (unpaired) electrons. The molecule has 0 aliphatic rings. The number of aromatic nitrogens is 6. The number of hydrogen-bond donors (Lipinski definition) is 1. The Hall–Kier alpha value is -3.00. The zero-order chi connectivity index (χ0) is 18.1. The fourth-order valence-corrected chi connectivity index (χ4v) is 3.55. The van der Waals surface area contributed by atoms with E-state index in [4.69, 9.17) is 0 Å². The SMILES string of the molecule is C[C@@H](Sc1nnc(-c2cccnc2)n1C)c1nc2ccccc2c(=O)[nH]1. The first-order valence-corrected chi connectivity index (χ1v) is 8.97. The molecule has 26 heavy (non-hydrogen) atoms. The molecule has 4 rings (SSSR count). The van der Waals surface area contributed by atoms with Gasteiger partial charge in [-0.1, -0.05) is 23.9 Å². The standard InChI is InChI=1S/C18H16N6OS/c1-11(15-20-14-8-4-3-7-13(14)17(25)21-15)26-18-23-22-16(24(18)2)12-6-5-9-19-10-12/h3-11H,1-2H3,(H,20,21,25)/t11-/m1/s1. The van der Waals surface area contributed by atoms with E-state index >= 15 is 0 Å². The zero-order valence-electron chi connectivity index (χ0n) is 14.2. The maximum Gasteiger partial charge on any atom is 0.258 e. The molecule has 3 heterocycles. The van der Waals surface area contributed by atoms with Crippen molar-refractivity contribution in [1.82, 2.24) is 29.7 Å². The molecule has 7 nitrogen and oxygen atoms in total. The summed E-state index contributed by atoms with van der Waals surface area (Å²) in [6.45, 7) is 1.98. The van der Waals surface area contributed by atoms with Crippen molar-refractivity contribution < 1.29 is 0 Å². The van der Waals surface area contributed by atoms with Crippen molar-refractivity contribution in [3.63, 3.8) is 0 Å². The van der Waals surface area contributed by atoms with Crippen LogP contribution in [0.25, 0.3) is 22.3 Å². The number of nitrogens with zero attached hydrogens (tertiary/aromatic N) is 5. The minimum atomic E-state index is -0.132. The van der Waals surface area contributed by atoms with Gasteiger partial charge in [0.15, 0.2) is 11.0 Å². The van der Waals surface area contributed by atoms with Crippen molar-refractivity contribution in [1.29, 1.82) is 0 Å². The maximum absolute atomic E-state index is 12.3. The number of benzene rings is 1. The van der Waals surface area contributed by atoms with Gasteiger partial charge in [0.2, 0.25) is 0 Å². The van der Waals surface area contributed by atoms with Crippen LogP contribution in [-0.4, -0.2) is 29.7 Å². The highest BCUT2D eigenvalue weighted by Gasteiger charge is 2.17. The summed E-state index contributed by atoms with van der Waals surface area (Å²) >= 11 is 1.49. The van der Waals surface area contributed by atoms with Crippen LogP contribution < -0.4 is 5.56 Å². The molecule has 4 aromatic rings. The summed E-state index contributed by atoms with van der Waals surface area (Å²) in [5, 5.41) is 9.78. The lowest BCUT2D eigenvalue weighted by Crippen LogP contribution is -2.13. The first-order chi connectivity index (χ1) is 12.6. The van der Waals surface area contributed by atoms with Gasteiger partial charge in [-0.25, -0.2) is 4.98 Å². The molecule has 0 amide bonds. The van der Waals surface area contributed by atoms with Crippen LogP contribution in [0.15, 0.2) is 58.7 Å². The lowest BCUT2D eigenvalue weighted by atomic mass is 10.2. The Morgan fingerprint density at radius 3 is 2.81 bits per heavy atom. The summed E-state index contributed by atoms with van der Waals surface area (Å²) in [6, 6.07) is 11.1. The van der Waals surface area contributed by atoms with E-state index in [1.807, 2.05) is 48.9 Å². The Morgan fingerprint density at radius 1 is 1.15 bits per heavy atom. The Balaban J connectivity index is 1.64. The van der Waals surface area contributed by atoms with Crippen molar-refractivity contribution in [3.05, 3.63) is 65.0 Å². The number of fused-ring (bicyclic) bond motifs is 1. The number of hydrogen-bond acceptors (Lipinski definition) is 6. The van der Waals surface area contributed by atoms with Crippen LogP contribution in [-0.2, 0) is 7.05 Å². The van der Waals surface area contributed by atoms with Crippen LogP contribution in [0.4, 0.5) is 0 Å². The molecule has 0 unspecified atom stereocenters. The molecule has 3 aromatic heterocycles. The van der Waals surface area contributed by atoms with Crippen LogP contribution in [0.2, 0.25) is 0 Å². The van der Waals surface area contributed by atoms with Crippen molar-refractivity contribution in [3.8, 4) is 11.4 Å². The van der Waals surface area contributed by atoms with E-state index in [1.165, 1.54) is 11.8 Å². The van der Waals surface area contributed by atoms with Crippen LogP contribution in [0.1, 0.15) is 18.0 Å². The van der Waals surface area contributed by atoms with Gasteiger partial charge in [0.1, 0.15) is 5.82 Å². The van der Waals surface area contributed by atoms with Gasteiger partial charge >= 0.3 is 0 Å². The minimum Gasteiger partial charge on any atom is -0.309 e. The van der Waals surface area contributed by atoms with E-state index in [-0.39, 0.29) is 10.8 Å². The van der Waals surface area contributed by atoms with Gasteiger partial charge in [-0.3, -0.25) is 9.78 Å². The second kappa shape index (κ2) is 6.72. The predicted octanol–water partition coefficient (Wildman–Crippen LogP) is 2.97. The zero-order valence-corrected chi connectivity index (χ0v) is 15.1. The van der Waals surface area contributed by atoms with Crippen LogP contribution in [0.5, 0.6) is 0 Å². The molecule has 0 aliphatic carbocycles. The Kier molecular flexibility index (Phi) is 4.26. The highest BCUT2D eigenvalue weighted by atomic mass is 32.2. The van der Waals surface area contributed by atoms with Gasteiger partial charge in [-0.05, 0) is 31.2 Å². The number of para-hydroxylation sites is 1. The summed E-state index contributed by atoms with van der Waals surface area (Å²) in [6.07, 6.45) is 3.48. The second-order valence-electron chi connectivity index (χ2n) is 5.84. The van der Waals surface area contributed by atoms with Crippen molar-refractivity contribution in [2.75, 3.05) is 0 Å². The monoisotopic (exact) mass is 364 g/mol. The maximum atomic E-state index is 12.3. The van der Waals surface area contributed by atoms with E-state index in [9.17, 15) is 4.79 Å². The number of aromatic amines is 1. The highest BCUT2D eigenvalue weighted by molar-refractivity contribution is 7.99. The molecule has 1 aromatic carbocycles. The summed E-state index contributed by atoms with van der Waals surface area (Å²) in [5.74, 6) is 1.36. The molecular weight excluding hydrogens is 348 g/mol. The van der Waals surface area contributed by atoms with Gasteiger partial charge in [0, 0.05) is 25.0 Å². The number of nitrogens with one attached hydrogen (secondary N) is 1.